The minimum absolute atomic E-state index is 0.0563. The van der Waals surface area contributed by atoms with Crippen molar-refractivity contribution in [3.63, 3.8) is 0 Å². The van der Waals surface area contributed by atoms with E-state index in [0.29, 0.717) is 42.8 Å². The van der Waals surface area contributed by atoms with Crippen LogP contribution >= 0.6 is 0 Å². The maximum atomic E-state index is 12.5. The number of aromatic nitrogens is 3. The number of fused-ring (bicyclic) bond motifs is 1. The number of nitrogens with one attached hydrogen (secondary N) is 1. The van der Waals surface area contributed by atoms with E-state index in [9.17, 15) is 9.59 Å². The van der Waals surface area contributed by atoms with Gasteiger partial charge in [0.15, 0.2) is 0 Å². The van der Waals surface area contributed by atoms with Gasteiger partial charge in [0.1, 0.15) is 17.6 Å². The number of carbonyl (C=O) groups is 2. The maximum absolute atomic E-state index is 12.5. The third-order valence-corrected chi connectivity index (χ3v) is 3.73. The highest BCUT2D eigenvalue weighted by Gasteiger charge is 2.27. The van der Waals surface area contributed by atoms with E-state index in [2.05, 4.69) is 15.4 Å². The van der Waals surface area contributed by atoms with Gasteiger partial charge in [-0.2, -0.15) is 15.4 Å². The zero-order chi connectivity index (χ0) is 15.5. The van der Waals surface area contributed by atoms with Crippen LogP contribution in [-0.2, 0) is 9.53 Å². The molecule has 0 unspecified atom stereocenters. The van der Waals surface area contributed by atoms with Crippen LogP contribution in [0.25, 0.3) is 11.0 Å². The standard InChI is InChI=1S/C14H17N5O3/c1-22-7-6-18-4-5-19(9-13(18)20)14(21)10-2-3-11-12(8-10)16-17-15-11/h2-3,8H,4-7,9H2,1H3,(H,15,16,17). The summed E-state index contributed by atoms with van der Waals surface area (Å²) in [7, 11) is 1.60. The van der Waals surface area contributed by atoms with Gasteiger partial charge in [-0.25, -0.2) is 0 Å². The molecular formula is C14H17N5O3. The Morgan fingerprint density at radius 2 is 2.14 bits per heavy atom. The molecule has 116 valence electrons. The van der Waals surface area contributed by atoms with Crippen molar-refractivity contribution in [1.29, 1.82) is 0 Å². The summed E-state index contributed by atoms with van der Waals surface area (Å²) in [4.78, 5) is 27.8. The second-order valence-electron chi connectivity index (χ2n) is 5.13. The van der Waals surface area contributed by atoms with Gasteiger partial charge in [0, 0.05) is 32.3 Å². The van der Waals surface area contributed by atoms with Crippen LogP contribution < -0.4 is 0 Å². The van der Waals surface area contributed by atoms with Gasteiger partial charge in [0.2, 0.25) is 5.91 Å². The van der Waals surface area contributed by atoms with Crippen molar-refractivity contribution in [1.82, 2.24) is 25.2 Å². The smallest absolute Gasteiger partial charge is 0.254 e. The molecule has 0 saturated carbocycles. The number of methoxy groups -OCH3 is 1. The molecule has 1 aromatic heterocycles. The first kappa shape index (κ1) is 14.5. The molecule has 1 aromatic carbocycles. The molecule has 1 fully saturated rings. The number of ether oxygens (including phenoxy) is 1. The molecule has 1 aliphatic rings. The van der Waals surface area contributed by atoms with Crippen LogP contribution in [-0.4, -0.2) is 76.9 Å². The highest BCUT2D eigenvalue weighted by atomic mass is 16.5. The van der Waals surface area contributed by atoms with Crippen LogP contribution in [0.4, 0.5) is 0 Å². The number of carbonyl (C=O) groups excluding carboxylic acids is 2. The van der Waals surface area contributed by atoms with Crippen LogP contribution in [0, 0.1) is 0 Å². The number of rotatable bonds is 4. The molecule has 3 rings (SSSR count). The normalized spacial score (nSPS) is 15.6. The summed E-state index contributed by atoms with van der Waals surface area (Å²) in [6.45, 7) is 2.20. The van der Waals surface area contributed by atoms with E-state index in [1.165, 1.54) is 0 Å². The zero-order valence-corrected chi connectivity index (χ0v) is 12.3. The van der Waals surface area contributed by atoms with Crippen molar-refractivity contribution < 1.29 is 14.3 Å². The number of H-pyrrole nitrogens is 1. The van der Waals surface area contributed by atoms with Crippen molar-refractivity contribution in [2.24, 2.45) is 0 Å². The largest absolute Gasteiger partial charge is 0.383 e. The van der Waals surface area contributed by atoms with Gasteiger partial charge in [-0.3, -0.25) is 9.59 Å². The van der Waals surface area contributed by atoms with Crippen molar-refractivity contribution >= 4 is 22.8 Å². The first-order valence-electron chi connectivity index (χ1n) is 7.05. The summed E-state index contributed by atoms with van der Waals surface area (Å²) < 4.78 is 4.98. The molecular weight excluding hydrogens is 286 g/mol. The van der Waals surface area contributed by atoms with Gasteiger partial charge in [-0.15, -0.1) is 0 Å². The molecule has 1 aliphatic heterocycles. The number of aromatic amines is 1. The number of benzene rings is 1. The highest BCUT2D eigenvalue weighted by Crippen LogP contribution is 2.14. The minimum atomic E-state index is -0.162. The van der Waals surface area contributed by atoms with Crippen molar-refractivity contribution in [2.45, 2.75) is 0 Å². The second kappa shape index (κ2) is 6.10. The lowest BCUT2D eigenvalue weighted by atomic mass is 10.1. The van der Waals surface area contributed by atoms with E-state index < -0.39 is 0 Å². The summed E-state index contributed by atoms with van der Waals surface area (Å²) >= 11 is 0. The average Bonchev–Trinajstić information content (AvgIpc) is 3.00. The Labute approximate surface area is 127 Å². The molecule has 0 spiro atoms. The minimum Gasteiger partial charge on any atom is -0.383 e. The van der Waals surface area contributed by atoms with Crippen LogP contribution in [0.3, 0.4) is 0 Å². The van der Waals surface area contributed by atoms with Crippen molar-refractivity contribution in [2.75, 3.05) is 39.9 Å². The maximum Gasteiger partial charge on any atom is 0.254 e. The molecule has 0 aliphatic carbocycles. The lowest BCUT2D eigenvalue weighted by Crippen LogP contribution is -2.52. The van der Waals surface area contributed by atoms with Gasteiger partial charge < -0.3 is 14.5 Å². The first-order valence-corrected chi connectivity index (χ1v) is 7.05. The van der Waals surface area contributed by atoms with Gasteiger partial charge in [0.05, 0.1) is 6.61 Å². The van der Waals surface area contributed by atoms with Crippen LogP contribution in [0.1, 0.15) is 10.4 Å². The first-order chi connectivity index (χ1) is 10.7. The molecule has 0 atom stereocenters. The Bertz CT molecular complexity index is 699. The topological polar surface area (TPSA) is 91.4 Å². The Hall–Kier alpha value is -2.48. The highest BCUT2D eigenvalue weighted by molar-refractivity contribution is 5.99. The number of amides is 2. The molecule has 2 amide bonds. The predicted octanol–water partition coefficient (Wildman–Crippen LogP) is -0.111. The Morgan fingerprint density at radius 3 is 2.91 bits per heavy atom. The van der Waals surface area contributed by atoms with Crippen LogP contribution in [0.15, 0.2) is 18.2 Å². The number of hydrogen-bond acceptors (Lipinski definition) is 5. The third-order valence-electron chi connectivity index (χ3n) is 3.73. The van der Waals surface area contributed by atoms with Gasteiger partial charge in [-0.05, 0) is 18.2 Å². The van der Waals surface area contributed by atoms with Crippen LogP contribution in [0.5, 0.6) is 0 Å². The van der Waals surface area contributed by atoms with Crippen molar-refractivity contribution in [3.8, 4) is 0 Å². The van der Waals surface area contributed by atoms with Gasteiger partial charge in [0.25, 0.3) is 5.91 Å². The third kappa shape index (κ3) is 2.77. The number of hydrogen-bond donors (Lipinski definition) is 1. The molecule has 1 N–H and O–H groups in total. The lowest BCUT2D eigenvalue weighted by molar-refractivity contribution is -0.135. The molecule has 22 heavy (non-hydrogen) atoms. The van der Waals surface area contributed by atoms with E-state index in [4.69, 9.17) is 4.74 Å². The van der Waals surface area contributed by atoms with Gasteiger partial charge >= 0.3 is 0 Å². The molecule has 2 aromatic rings. The van der Waals surface area contributed by atoms with E-state index in [1.807, 2.05) is 0 Å². The quantitative estimate of drug-likeness (QED) is 0.851. The molecule has 8 nitrogen and oxygen atoms in total. The van der Waals surface area contributed by atoms with E-state index >= 15 is 0 Å². The summed E-state index contributed by atoms with van der Waals surface area (Å²) in [5, 5.41) is 10.4. The molecule has 8 heteroatoms. The fourth-order valence-corrected chi connectivity index (χ4v) is 2.48. The fourth-order valence-electron chi connectivity index (χ4n) is 2.48. The molecule has 2 heterocycles. The van der Waals surface area contributed by atoms with E-state index in [1.54, 1.807) is 35.1 Å². The molecule has 0 bridgehead atoms. The van der Waals surface area contributed by atoms with E-state index in [0.717, 1.165) is 0 Å². The number of piperazine rings is 1. The SMILES string of the molecule is COCCN1CCN(C(=O)c2ccc3n[nH]nc3c2)CC1=O. The Kier molecular flexibility index (Phi) is 4.01. The van der Waals surface area contributed by atoms with Gasteiger partial charge in [-0.1, -0.05) is 0 Å². The van der Waals surface area contributed by atoms with E-state index in [-0.39, 0.29) is 18.4 Å². The summed E-state index contributed by atoms with van der Waals surface area (Å²) in [6.07, 6.45) is 0. The fraction of sp³-hybridized carbons (Fsp3) is 0.429. The monoisotopic (exact) mass is 303 g/mol. The average molecular weight is 303 g/mol. The summed E-state index contributed by atoms with van der Waals surface area (Å²) in [6, 6.07) is 5.13. The van der Waals surface area contributed by atoms with Crippen molar-refractivity contribution in [3.05, 3.63) is 23.8 Å². The molecule has 0 radical (unpaired) electrons. The summed E-state index contributed by atoms with van der Waals surface area (Å²) in [5.41, 5.74) is 1.85. The van der Waals surface area contributed by atoms with Crippen LogP contribution in [0.2, 0.25) is 0 Å². The zero-order valence-electron chi connectivity index (χ0n) is 12.3. The Morgan fingerprint density at radius 1 is 1.32 bits per heavy atom. The second-order valence-corrected chi connectivity index (χ2v) is 5.13. The molecule has 1 saturated heterocycles. The lowest BCUT2D eigenvalue weighted by Gasteiger charge is -2.34. The summed E-state index contributed by atoms with van der Waals surface area (Å²) in [5.74, 6) is -0.219. The predicted molar refractivity (Wildman–Crippen MR) is 78.2 cm³/mol. The Balaban J connectivity index is 1.69. The number of nitrogens with zero attached hydrogens (tertiary/aromatic N) is 4.